The highest BCUT2D eigenvalue weighted by Crippen LogP contribution is 2.24. The van der Waals surface area contributed by atoms with Crippen molar-refractivity contribution >= 4 is 6.03 Å². The fourth-order valence-electron chi connectivity index (χ4n) is 3.04. The van der Waals surface area contributed by atoms with Crippen molar-refractivity contribution in [3.8, 4) is 5.88 Å². The zero-order valence-corrected chi connectivity index (χ0v) is 14.7. The summed E-state index contributed by atoms with van der Waals surface area (Å²) in [5, 5.41) is 3.01. The van der Waals surface area contributed by atoms with Gasteiger partial charge in [0, 0.05) is 38.4 Å². The van der Waals surface area contributed by atoms with E-state index in [2.05, 4.69) is 34.4 Å². The summed E-state index contributed by atoms with van der Waals surface area (Å²) in [5.74, 6) is 0.568. The van der Waals surface area contributed by atoms with Crippen LogP contribution in [0.1, 0.15) is 17.2 Å². The molecule has 2 aromatic rings. The number of carbonyl (C=O) groups is 1. The Morgan fingerprint density at radius 2 is 2.04 bits per heavy atom. The van der Waals surface area contributed by atoms with E-state index in [4.69, 9.17) is 4.74 Å². The maximum atomic E-state index is 12.7. The second kappa shape index (κ2) is 7.98. The van der Waals surface area contributed by atoms with Crippen molar-refractivity contribution in [3.05, 3.63) is 59.8 Å². The number of carbonyl (C=O) groups excluding carboxylic acids is 1. The van der Waals surface area contributed by atoms with Crippen LogP contribution in [0.15, 0.2) is 48.7 Å². The quantitative estimate of drug-likeness (QED) is 0.928. The summed E-state index contributed by atoms with van der Waals surface area (Å²) >= 11 is 0. The van der Waals surface area contributed by atoms with Crippen LogP contribution in [0, 0.1) is 0 Å². The van der Waals surface area contributed by atoms with E-state index in [1.807, 2.05) is 29.2 Å². The van der Waals surface area contributed by atoms with Crippen LogP contribution in [0.5, 0.6) is 5.88 Å². The van der Waals surface area contributed by atoms with Crippen LogP contribution in [-0.2, 0) is 6.54 Å². The number of aromatic nitrogens is 1. The van der Waals surface area contributed by atoms with Gasteiger partial charge in [0.1, 0.15) is 0 Å². The first kappa shape index (κ1) is 17.2. The van der Waals surface area contributed by atoms with E-state index in [1.54, 1.807) is 19.4 Å². The van der Waals surface area contributed by atoms with Crippen molar-refractivity contribution in [2.24, 2.45) is 0 Å². The van der Waals surface area contributed by atoms with Crippen LogP contribution >= 0.6 is 0 Å². The van der Waals surface area contributed by atoms with E-state index in [0.29, 0.717) is 19.0 Å². The molecule has 6 nitrogen and oxygen atoms in total. The van der Waals surface area contributed by atoms with E-state index >= 15 is 0 Å². The number of hydrogen-bond acceptors (Lipinski definition) is 4. The minimum absolute atomic E-state index is 0.0437. The molecule has 1 fully saturated rings. The first-order valence-corrected chi connectivity index (χ1v) is 8.44. The summed E-state index contributed by atoms with van der Waals surface area (Å²) in [6.45, 7) is 2.87. The molecule has 1 atom stereocenters. The third-order valence-corrected chi connectivity index (χ3v) is 4.48. The lowest BCUT2D eigenvalue weighted by atomic mass is 10.0. The zero-order valence-electron chi connectivity index (χ0n) is 14.7. The van der Waals surface area contributed by atoms with Gasteiger partial charge in [0.25, 0.3) is 0 Å². The summed E-state index contributed by atoms with van der Waals surface area (Å²) < 4.78 is 5.05. The number of hydrogen-bond donors (Lipinski definition) is 1. The fourth-order valence-corrected chi connectivity index (χ4v) is 3.04. The van der Waals surface area contributed by atoms with Gasteiger partial charge in [-0.1, -0.05) is 36.4 Å². The Kier molecular flexibility index (Phi) is 5.50. The molecule has 6 heteroatoms. The molecule has 3 rings (SSSR count). The molecule has 132 valence electrons. The van der Waals surface area contributed by atoms with Gasteiger partial charge in [-0.25, -0.2) is 9.78 Å². The molecule has 25 heavy (non-hydrogen) atoms. The molecule has 1 aromatic carbocycles. The Labute approximate surface area is 148 Å². The van der Waals surface area contributed by atoms with E-state index in [0.717, 1.165) is 24.2 Å². The Bertz CT molecular complexity index is 690. The van der Waals surface area contributed by atoms with Gasteiger partial charge in [-0.15, -0.1) is 0 Å². The van der Waals surface area contributed by atoms with Crippen molar-refractivity contribution in [1.82, 2.24) is 20.1 Å². The largest absolute Gasteiger partial charge is 0.481 e. The normalized spacial score (nSPS) is 18.0. The number of ether oxygens (including phenoxy) is 1. The molecule has 0 aliphatic carbocycles. The third kappa shape index (κ3) is 4.28. The van der Waals surface area contributed by atoms with Crippen molar-refractivity contribution in [2.75, 3.05) is 33.8 Å². The van der Waals surface area contributed by atoms with E-state index in [-0.39, 0.29) is 12.1 Å². The average molecular weight is 340 g/mol. The molecule has 0 bridgehead atoms. The molecule has 1 aliphatic rings. The van der Waals surface area contributed by atoms with Crippen molar-refractivity contribution < 1.29 is 9.53 Å². The molecule has 1 aliphatic heterocycles. The number of rotatable bonds is 4. The number of urea groups is 1. The molecular formula is C19H24N4O2. The topological polar surface area (TPSA) is 57.7 Å². The first-order chi connectivity index (χ1) is 12.2. The molecule has 1 aromatic heterocycles. The molecule has 1 N–H and O–H groups in total. The Morgan fingerprint density at radius 3 is 2.72 bits per heavy atom. The minimum Gasteiger partial charge on any atom is -0.481 e. The van der Waals surface area contributed by atoms with Crippen LogP contribution in [0.3, 0.4) is 0 Å². The summed E-state index contributed by atoms with van der Waals surface area (Å²) in [7, 11) is 3.68. The van der Waals surface area contributed by atoms with Gasteiger partial charge in [-0.3, -0.25) is 0 Å². The number of amides is 2. The highest BCUT2D eigenvalue weighted by Gasteiger charge is 2.29. The summed E-state index contributed by atoms with van der Waals surface area (Å²) in [4.78, 5) is 21.1. The Hall–Kier alpha value is -2.60. The van der Waals surface area contributed by atoms with Crippen LogP contribution in [0.4, 0.5) is 4.79 Å². The van der Waals surface area contributed by atoms with Gasteiger partial charge in [0.2, 0.25) is 5.88 Å². The number of pyridine rings is 1. The first-order valence-electron chi connectivity index (χ1n) is 8.44. The molecule has 0 saturated carbocycles. The fraction of sp³-hybridized carbons (Fsp3) is 0.368. The number of nitrogens with zero attached hydrogens (tertiary/aromatic N) is 3. The van der Waals surface area contributed by atoms with Crippen LogP contribution in [0.2, 0.25) is 0 Å². The van der Waals surface area contributed by atoms with Crippen LogP contribution in [-0.4, -0.2) is 54.6 Å². The van der Waals surface area contributed by atoms with Crippen LogP contribution in [0.25, 0.3) is 0 Å². The maximum absolute atomic E-state index is 12.7. The maximum Gasteiger partial charge on any atom is 0.318 e. The van der Waals surface area contributed by atoms with Gasteiger partial charge >= 0.3 is 6.03 Å². The second-order valence-electron chi connectivity index (χ2n) is 6.25. The molecule has 0 unspecified atom stereocenters. The molecule has 0 spiro atoms. The second-order valence-corrected chi connectivity index (χ2v) is 6.25. The Balaban J connectivity index is 1.66. The number of methoxy groups -OCH3 is 1. The summed E-state index contributed by atoms with van der Waals surface area (Å²) in [5.41, 5.74) is 2.11. The van der Waals surface area contributed by atoms with Gasteiger partial charge < -0.3 is 19.9 Å². The summed E-state index contributed by atoms with van der Waals surface area (Å²) in [6.07, 6.45) is 1.72. The van der Waals surface area contributed by atoms with Crippen molar-refractivity contribution in [3.63, 3.8) is 0 Å². The number of nitrogens with one attached hydrogen (secondary N) is 1. The molecule has 1 saturated heterocycles. The van der Waals surface area contributed by atoms with Gasteiger partial charge in [0.15, 0.2) is 0 Å². The Morgan fingerprint density at radius 1 is 1.24 bits per heavy atom. The predicted octanol–water partition coefficient (Wildman–Crippen LogP) is 2.29. The van der Waals surface area contributed by atoms with E-state index < -0.39 is 0 Å². The number of piperazine rings is 1. The lowest BCUT2D eigenvalue weighted by Gasteiger charge is -2.40. The average Bonchev–Trinajstić information content (AvgIpc) is 2.67. The number of likely N-dealkylation sites (N-methyl/N-ethyl adjacent to an activating group) is 1. The van der Waals surface area contributed by atoms with Gasteiger partial charge in [-0.05, 0) is 18.2 Å². The molecule has 2 amide bonds. The van der Waals surface area contributed by atoms with Gasteiger partial charge in [0.05, 0.1) is 13.2 Å². The lowest BCUT2D eigenvalue weighted by Crippen LogP contribution is -2.52. The lowest BCUT2D eigenvalue weighted by molar-refractivity contribution is 0.108. The summed E-state index contributed by atoms with van der Waals surface area (Å²) in [6, 6.07) is 13.9. The zero-order chi connectivity index (χ0) is 17.6. The highest BCUT2D eigenvalue weighted by molar-refractivity contribution is 5.75. The van der Waals surface area contributed by atoms with Crippen molar-refractivity contribution in [2.45, 2.75) is 12.6 Å². The molecule has 2 heterocycles. The smallest absolute Gasteiger partial charge is 0.318 e. The van der Waals surface area contributed by atoms with E-state index in [1.165, 1.54) is 0 Å². The van der Waals surface area contributed by atoms with Crippen molar-refractivity contribution in [1.29, 1.82) is 0 Å². The highest BCUT2D eigenvalue weighted by atomic mass is 16.5. The minimum atomic E-state index is -0.0437. The standard InChI is InChI=1S/C19H24N4O2/c1-22-10-11-23(17(14-22)16-6-4-3-5-7-16)19(24)21-13-15-8-9-18(25-2)20-12-15/h3-9,12,17H,10-11,13-14H2,1-2H3,(H,21,24)/t17-/m1/s1. The third-order valence-electron chi connectivity index (χ3n) is 4.48. The van der Waals surface area contributed by atoms with E-state index in [9.17, 15) is 4.79 Å². The monoisotopic (exact) mass is 340 g/mol. The SMILES string of the molecule is COc1ccc(CNC(=O)N2CCN(C)C[C@@H]2c2ccccc2)cn1. The predicted molar refractivity (Wildman–Crippen MR) is 96.4 cm³/mol. The molecular weight excluding hydrogens is 316 g/mol. The van der Waals surface area contributed by atoms with Gasteiger partial charge in [-0.2, -0.15) is 0 Å². The number of benzene rings is 1. The molecule has 0 radical (unpaired) electrons. The van der Waals surface area contributed by atoms with Crippen LogP contribution < -0.4 is 10.1 Å².